The molecule has 25 heavy (non-hydrogen) atoms. The molecule has 8 heteroatoms. The summed E-state index contributed by atoms with van der Waals surface area (Å²) in [6.07, 6.45) is 3.02. The van der Waals surface area contributed by atoms with Gasteiger partial charge in [-0.15, -0.1) is 0 Å². The molecule has 0 bridgehead atoms. The van der Waals surface area contributed by atoms with Crippen LogP contribution >= 0.6 is 30.5 Å². The summed E-state index contributed by atoms with van der Waals surface area (Å²) < 4.78 is 22.2. The lowest BCUT2D eigenvalue weighted by Gasteiger charge is -2.24. The topological polar surface area (TPSA) is 54.0 Å². The fraction of sp³-hybridized carbons (Fsp3) is 0.588. The first kappa shape index (κ1) is 19.3. The van der Waals surface area contributed by atoms with Crippen LogP contribution in [-0.4, -0.2) is 30.9 Å². The molecule has 1 aromatic carbocycles. The van der Waals surface area contributed by atoms with Gasteiger partial charge in [0, 0.05) is 36.3 Å². The standard InChI is InChI=1S/C17H23ClO5P2/c18-10-2-1-3-11(6-10)20-9-12(22-24)4-5-13-14-7-17(19)21-15(14)8-16(13)23-25/h1-3,6,12-16H,4-5,7-9,24-25H2/t12?,13-,14-,15?,16?/m1/s1. The summed E-state index contributed by atoms with van der Waals surface area (Å²) in [6.45, 7) is 0.437. The first-order valence-electron chi connectivity index (χ1n) is 8.39. The van der Waals surface area contributed by atoms with E-state index < -0.39 is 0 Å². The zero-order valence-corrected chi connectivity index (χ0v) is 16.9. The van der Waals surface area contributed by atoms with Crippen molar-refractivity contribution < 1.29 is 23.3 Å². The first-order chi connectivity index (χ1) is 12.1. The molecule has 138 valence electrons. The Morgan fingerprint density at radius 1 is 1.36 bits per heavy atom. The normalized spacial score (nSPS) is 29.3. The van der Waals surface area contributed by atoms with Crippen molar-refractivity contribution in [1.82, 2.24) is 0 Å². The van der Waals surface area contributed by atoms with Crippen molar-refractivity contribution in [3.8, 4) is 5.75 Å². The minimum absolute atomic E-state index is 0.00105. The number of ether oxygens (including phenoxy) is 2. The van der Waals surface area contributed by atoms with Crippen molar-refractivity contribution >= 4 is 36.5 Å². The summed E-state index contributed by atoms with van der Waals surface area (Å²) >= 11 is 5.97. The summed E-state index contributed by atoms with van der Waals surface area (Å²) in [4.78, 5) is 11.6. The average Bonchev–Trinajstić information content (AvgIpc) is 3.11. The summed E-state index contributed by atoms with van der Waals surface area (Å²) in [5, 5.41) is 0.643. The Balaban J connectivity index is 1.52. The van der Waals surface area contributed by atoms with Gasteiger partial charge in [-0.05, 0) is 37.0 Å². The maximum Gasteiger partial charge on any atom is 0.306 e. The monoisotopic (exact) mass is 404 g/mol. The van der Waals surface area contributed by atoms with Crippen LogP contribution in [0.5, 0.6) is 5.75 Å². The molecule has 1 saturated heterocycles. The van der Waals surface area contributed by atoms with Crippen molar-refractivity contribution in [3.63, 3.8) is 0 Å². The van der Waals surface area contributed by atoms with Gasteiger partial charge >= 0.3 is 5.97 Å². The fourth-order valence-electron chi connectivity index (χ4n) is 3.83. The maximum atomic E-state index is 11.6. The zero-order chi connectivity index (χ0) is 17.8. The third-order valence-corrected chi connectivity index (χ3v) is 6.05. The highest BCUT2D eigenvalue weighted by Crippen LogP contribution is 2.45. The van der Waals surface area contributed by atoms with Crippen LogP contribution in [0.3, 0.4) is 0 Å². The lowest BCUT2D eigenvalue weighted by molar-refractivity contribution is -0.141. The molecule has 5 unspecified atom stereocenters. The molecular formula is C17H23ClO5P2. The minimum Gasteiger partial charge on any atom is -0.491 e. The molecule has 5 nitrogen and oxygen atoms in total. The molecule has 0 N–H and O–H groups in total. The number of esters is 1. The van der Waals surface area contributed by atoms with E-state index >= 15 is 0 Å². The molecule has 1 aliphatic carbocycles. The molecule has 1 saturated carbocycles. The summed E-state index contributed by atoms with van der Waals surface area (Å²) in [7, 11) is 4.66. The largest absolute Gasteiger partial charge is 0.491 e. The number of benzene rings is 1. The molecule has 1 aromatic rings. The molecule has 1 heterocycles. The second-order valence-electron chi connectivity index (χ2n) is 6.57. The van der Waals surface area contributed by atoms with Gasteiger partial charge in [-0.2, -0.15) is 0 Å². The molecule has 0 aromatic heterocycles. The SMILES string of the molecule is O=C1C[C@H]2C(CC(OP)[C@@H]2CCC(COc2cccc(Cl)c2)OP)O1. The van der Waals surface area contributed by atoms with Gasteiger partial charge in [0.15, 0.2) is 0 Å². The summed E-state index contributed by atoms with van der Waals surface area (Å²) in [6, 6.07) is 7.31. The molecule has 0 spiro atoms. The fourth-order valence-corrected chi connectivity index (χ4v) is 4.54. The van der Waals surface area contributed by atoms with Crippen molar-refractivity contribution in [2.24, 2.45) is 11.8 Å². The van der Waals surface area contributed by atoms with Crippen LogP contribution in [0.15, 0.2) is 24.3 Å². The number of fused-ring (bicyclic) bond motifs is 1. The van der Waals surface area contributed by atoms with Gasteiger partial charge in [0.05, 0.1) is 18.6 Å². The third-order valence-electron chi connectivity index (χ3n) is 5.08. The van der Waals surface area contributed by atoms with Crippen molar-refractivity contribution in [2.45, 2.75) is 44.0 Å². The highest BCUT2D eigenvalue weighted by molar-refractivity contribution is 7.10. The second-order valence-corrected chi connectivity index (χ2v) is 7.55. The van der Waals surface area contributed by atoms with Crippen LogP contribution in [0.1, 0.15) is 25.7 Å². The van der Waals surface area contributed by atoms with Gasteiger partial charge < -0.3 is 18.5 Å². The van der Waals surface area contributed by atoms with Gasteiger partial charge in [0.2, 0.25) is 0 Å². The third kappa shape index (κ3) is 4.84. The van der Waals surface area contributed by atoms with Crippen molar-refractivity contribution in [2.75, 3.05) is 6.61 Å². The van der Waals surface area contributed by atoms with Gasteiger partial charge in [-0.1, -0.05) is 17.7 Å². The van der Waals surface area contributed by atoms with Crippen LogP contribution in [0.25, 0.3) is 0 Å². The van der Waals surface area contributed by atoms with E-state index in [0.717, 1.165) is 25.0 Å². The van der Waals surface area contributed by atoms with E-state index in [0.29, 0.717) is 24.0 Å². The smallest absolute Gasteiger partial charge is 0.306 e. The van der Waals surface area contributed by atoms with Gasteiger partial charge in [0.25, 0.3) is 0 Å². The maximum absolute atomic E-state index is 11.6. The van der Waals surface area contributed by atoms with Crippen LogP contribution in [0.2, 0.25) is 5.02 Å². The number of hydrogen-bond acceptors (Lipinski definition) is 5. The lowest BCUT2D eigenvalue weighted by atomic mass is 9.87. The van der Waals surface area contributed by atoms with Crippen LogP contribution in [0.4, 0.5) is 0 Å². The van der Waals surface area contributed by atoms with E-state index in [9.17, 15) is 4.79 Å². The Kier molecular flexibility index (Phi) is 6.93. The number of halogens is 1. The van der Waals surface area contributed by atoms with E-state index in [1.165, 1.54) is 0 Å². The van der Waals surface area contributed by atoms with Crippen molar-refractivity contribution in [1.29, 1.82) is 0 Å². The average molecular weight is 405 g/mol. The van der Waals surface area contributed by atoms with Crippen molar-refractivity contribution in [3.05, 3.63) is 29.3 Å². The predicted octanol–water partition coefficient (Wildman–Crippen LogP) is 3.80. The Morgan fingerprint density at radius 2 is 2.20 bits per heavy atom. The van der Waals surface area contributed by atoms with E-state index in [2.05, 4.69) is 18.9 Å². The van der Waals surface area contributed by atoms with Gasteiger partial charge in [-0.3, -0.25) is 4.79 Å². The Labute approximate surface area is 157 Å². The van der Waals surface area contributed by atoms with E-state index in [1.54, 1.807) is 6.07 Å². The van der Waals surface area contributed by atoms with Gasteiger partial charge in [0.1, 0.15) is 18.5 Å². The zero-order valence-electron chi connectivity index (χ0n) is 13.8. The van der Waals surface area contributed by atoms with E-state index in [4.69, 9.17) is 30.1 Å². The highest BCUT2D eigenvalue weighted by atomic mass is 35.5. The molecule has 0 radical (unpaired) electrons. The molecule has 3 rings (SSSR count). The minimum atomic E-state index is -0.0923. The molecule has 2 fully saturated rings. The molecule has 7 atom stereocenters. The predicted molar refractivity (Wildman–Crippen MR) is 101 cm³/mol. The summed E-state index contributed by atoms with van der Waals surface area (Å²) in [5.74, 6) is 1.17. The Hall–Kier alpha value is -0.440. The second kappa shape index (κ2) is 8.97. The van der Waals surface area contributed by atoms with E-state index in [-0.39, 0.29) is 30.2 Å². The summed E-state index contributed by atoms with van der Waals surface area (Å²) in [5.41, 5.74) is 0. The highest BCUT2D eigenvalue weighted by Gasteiger charge is 2.50. The molecule has 2 aliphatic rings. The first-order valence-corrected chi connectivity index (χ1v) is 9.71. The quantitative estimate of drug-likeness (QED) is 0.487. The molecular weight excluding hydrogens is 382 g/mol. The number of carbonyl (C=O) groups is 1. The number of carbonyl (C=O) groups excluding carboxylic acids is 1. The van der Waals surface area contributed by atoms with Crippen LogP contribution in [-0.2, 0) is 18.6 Å². The van der Waals surface area contributed by atoms with Gasteiger partial charge in [-0.25, -0.2) is 0 Å². The Morgan fingerprint density at radius 3 is 2.92 bits per heavy atom. The number of rotatable bonds is 8. The van der Waals surface area contributed by atoms with Crippen LogP contribution in [0, 0.1) is 11.8 Å². The lowest BCUT2D eigenvalue weighted by Crippen LogP contribution is -2.25. The molecule has 1 aliphatic heterocycles. The van der Waals surface area contributed by atoms with E-state index in [1.807, 2.05) is 18.2 Å². The Bertz CT molecular complexity index is 602. The number of hydrogen-bond donors (Lipinski definition) is 0. The van der Waals surface area contributed by atoms with Crippen LogP contribution < -0.4 is 4.74 Å². The molecule has 0 amide bonds.